The standard InChI is InChI=1S/C14H27N3O3/c1-4-14(12(18)19)6-10-17(11-7-14)13(20)16(3)9-5-8-15-2/h15H,4-11H2,1-3H3,(H,18,19). The summed E-state index contributed by atoms with van der Waals surface area (Å²) in [5.74, 6) is -0.727. The van der Waals surface area contributed by atoms with Crippen LogP contribution in [-0.4, -0.2) is 67.2 Å². The molecule has 0 radical (unpaired) electrons. The third kappa shape index (κ3) is 3.85. The molecule has 0 unspecified atom stereocenters. The summed E-state index contributed by atoms with van der Waals surface area (Å²) in [5.41, 5.74) is -0.637. The second-order valence-electron chi connectivity index (χ2n) is 5.59. The zero-order valence-electron chi connectivity index (χ0n) is 12.8. The minimum absolute atomic E-state index is 0.0104. The Morgan fingerprint density at radius 2 is 1.95 bits per heavy atom. The zero-order chi connectivity index (χ0) is 15.2. The number of aliphatic carboxylic acids is 1. The van der Waals surface area contributed by atoms with Crippen LogP contribution in [-0.2, 0) is 4.79 Å². The van der Waals surface area contributed by atoms with Crippen molar-refractivity contribution in [3.8, 4) is 0 Å². The SMILES string of the molecule is CCC1(C(=O)O)CCN(C(=O)N(C)CCCNC)CC1. The predicted molar refractivity (Wildman–Crippen MR) is 77.7 cm³/mol. The smallest absolute Gasteiger partial charge is 0.319 e. The van der Waals surface area contributed by atoms with Crippen molar-refractivity contribution in [2.45, 2.75) is 32.6 Å². The van der Waals surface area contributed by atoms with Crippen molar-refractivity contribution >= 4 is 12.0 Å². The quantitative estimate of drug-likeness (QED) is 0.720. The van der Waals surface area contributed by atoms with E-state index >= 15 is 0 Å². The van der Waals surface area contributed by atoms with Crippen molar-refractivity contribution in [1.29, 1.82) is 0 Å². The van der Waals surface area contributed by atoms with Gasteiger partial charge in [0.05, 0.1) is 5.41 Å². The Balaban J connectivity index is 2.48. The second-order valence-corrected chi connectivity index (χ2v) is 5.59. The monoisotopic (exact) mass is 285 g/mol. The van der Waals surface area contributed by atoms with Crippen LogP contribution >= 0.6 is 0 Å². The highest BCUT2D eigenvalue weighted by Crippen LogP contribution is 2.35. The normalized spacial score (nSPS) is 17.9. The molecule has 1 aliphatic rings. The molecule has 1 rings (SSSR count). The molecule has 1 aliphatic heterocycles. The van der Waals surface area contributed by atoms with Crippen LogP contribution in [0.25, 0.3) is 0 Å². The van der Waals surface area contributed by atoms with Crippen LogP contribution in [0.2, 0.25) is 0 Å². The van der Waals surface area contributed by atoms with E-state index in [1.165, 1.54) is 0 Å². The molecule has 2 amide bonds. The molecule has 0 aromatic rings. The average molecular weight is 285 g/mol. The summed E-state index contributed by atoms with van der Waals surface area (Å²) in [6.45, 7) is 4.59. The van der Waals surface area contributed by atoms with E-state index in [9.17, 15) is 14.7 Å². The van der Waals surface area contributed by atoms with Gasteiger partial charge in [0, 0.05) is 26.7 Å². The Labute approximate surface area is 121 Å². The number of carboxylic acids is 1. The van der Waals surface area contributed by atoms with Crippen LogP contribution < -0.4 is 5.32 Å². The molecule has 1 heterocycles. The van der Waals surface area contributed by atoms with Gasteiger partial charge in [0.2, 0.25) is 0 Å². The van der Waals surface area contributed by atoms with Gasteiger partial charge in [-0.05, 0) is 39.3 Å². The summed E-state index contributed by atoms with van der Waals surface area (Å²) in [5, 5.41) is 12.4. The van der Waals surface area contributed by atoms with E-state index in [1.807, 2.05) is 14.0 Å². The summed E-state index contributed by atoms with van der Waals surface area (Å²) in [6.07, 6.45) is 2.65. The van der Waals surface area contributed by atoms with Gasteiger partial charge in [0.1, 0.15) is 0 Å². The number of carbonyl (C=O) groups is 2. The number of nitrogens with zero attached hydrogens (tertiary/aromatic N) is 2. The molecule has 116 valence electrons. The van der Waals surface area contributed by atoms with Crippen LogP contribution in [0, 0.1) is 5.41 Å². The highest BCUT2D eigenvalue weighted by atomic mass is 16.4. The summed E-state index contributed by atoms with van der Waals surface area (Å²) < 4.78 is 0. The Kier molecular flexibility index (Phi) is 6.26. The largest absolute Gasteiger partial charge is 0.481 e. The molecule has 2 N–H and O–H groups in total. The summed E-state index contributed by atoms with van der Waals surface area (Å²) in [7, 11) is 3.69. The predicted octanol–water partition coefficient (Wildman–Crippen LogP) is 1.22. The van der Waals surface area contributed by atoms with E-state index in [-0.39, 0.29) is 6.03 Å². The van der Waals surface area contributed by atoms with Gasteiger partial charge < -0.3 is 20.2 Å². The maximum Gasteiger partial charge on any atom is 0.319 e. The number of rotatable bonds is 6. The molecule has 6 heteroatoms. The zero-order valence-corrected chi connectivity index (χ0v) is 12.8. The number of hydrogen-bond donors (Lipinski definition) is 2. The highest BCUT2D eigenvalue weighted by Gasteiger charge is 2.41. The molecule has 0 spiro atoms. The lowest BCUT2D eigenvalue weighted by molar-refractivity contribution is -0.152. The number of carbonyl (C=O) groups excluding carboxylic acids is 1. The molecule has 0 aliphatic carbocycles. The summed E-state index contributed by atoms with van der Waals surface area (Å²) in [6, 6.07) is 0.0104. The molecule has 1 saturated heterocycles. The van der Waals surface area contributed by atoms with Crippen molar-refractivity contribution in [1.82, 2.24) is 15.1 Å². The molecule has 0 atom stereocenters. The van der Waals surface area contributed by atoms with Crippen molar-refractivity contribution < 1.29 is 14.7 Å². The molecule has 20 heavy (non-hydrogen) atoms. The number of urea groups is 1. The van der Waals surface area contributed by atoms with Gasteiger partial charge in [0.15, 0.2) is 0 Å². The number of likely N-dealkylation sites (tertiary alicyclic amines) is 1. The maximum atomic E-state index is 12.2. The maximum absolute atomic E-state index is 12.2. The van der Waals surface area contributed by atoms with E-state index in [1.54, 1.807) is 16.8 Å². The minimum atomic E-state index is -0.727. The third-order valence-electron chi connectivity index (χ3n) is 4.37. The van der Waals surface area contributed by atoms with E-state index in [0.717, 1.165) is 13.0 Å². The second kappa shape index (κ2) is 7.47. The van der Waals surface area contributed by atoms with Crippen molar-refractivity contribution in [3.05, 3.63) is 0 Å². The number of hydrogen-bond acceptors (Lipinski definition) is 3. The lowest BCUT2D eigenvalue weighted by Crippen LogP contribution is -2.50. The summed E-state index contributed by atoms with van der Waals surface area (Å²) in [4.78, 5) is 27.1. The first-order valence-electron chi connectivity index (χ1n) is 7.35. The molecule has 0 aromatic heterocycles. The van der Waals surface area contributed by atoms with Crippen LogP contribution in [0.3, 0.4) is 0 Å². The van der Waals surface area contributed by atoms with Gasteiger partial charge in [-0.15, -0.1) is 0 Å². The van der Waals surface area contributed by atoms with E-state index < -0.39 is 11.4 Å². The van der Waals surface area contributed by atoms with Gasteiger partial charge in [-0.25, -0.2) is 4.79 Å². The van der Waals surface area contributed by atoms with Crippen LogP contribution in [0.4, 0.5) is 4.79 Å². The first-order valence-corrected chi connectivity index (χ1v) is 7.35. The van der Waals surface area contributed by atoms with Gasteiger partial charge >= 0.3 is 12.0 Å². The first-order chi connectivity index (χ1) is 9.46. The van der Waals surface area contributed by atoms with Crippen LogP contribution in [0.5, 0.6) is 0 Å². The minimum Gasteiger partial charge on any atom is -0.481 e. The van der Waals surface area contributed by atoms with Gasteiger partial charge in [-0.2, -0.15) is 0 Å². The summed E-state index contributed by atoms with van der Waals surface area (Å²) >= 11 is 0. The first kappa shape index (κ1) is 16.8. The van der Waals surface area contributed by atoms with E-state index in [4.69, 9.17) is 0 Å². The van der Waals surface area contributed by atoms with Crippen LogP contribution in [0.1, 0.15) is 32.6 Å². The Bertz CT molecular complexity index is 339. The fourth-order valence-corrected chi connectivity index (χ4v) is 2.67. The van der Waals surface area contributed by atoms with Gasteiger partial charge in [0.25, 0.3) is 0 Å². The average Bonchev–Trinajstić information content (AvgIpc) is 2.46. The Hall–Kier alpha value is -1.30. The topological polar surface area (TPSA) is 72.9 Å². The van der Waals surface area contributed by atoms with E-state index in [0.29, 0.717) is 38.9 Å². The molecule has 1 fully saturated rings. The fourth-order valence-electron chi connectivity index (χ4n) is 2.67. The van der Waals surface area contributed by atoms with Gasteiger partial charge in [-0.3, -0.25) is 4.79 Å². The number of carboxylic acid groups (broad SMARTS) is 1. The fraction of sp³-hybridized carbons (Fsp3) is 0.857. The molecule has 0 saturated carbocycles. The lowest BCUT2D eigenvalue weighted by Gasteiger charge is -2.39. The molecular weight excluding hydrogens is 258 g/mol. The number of piperidine rings is 1. The lowest BCUT2D eigenvalue weighted by atomic mass is 9.76. The molecule has 0 bridgehead atoms. The molecule has 0 aromatic carbocycles. The number of nitrogens with one attached hydrogen (secondary N) is 1. The van der Waals surface area contributed by atoms with E-state index in [2.05, 4.69) is 5.32 Å². The molecular formula is C14H27N3O3. The highest BCUT2D eigenvalue weighted by molar-refractivity contribution is 5.77. The third-order valence-corrected chi connectivity index (χ3v) is 4.37. The Morgan fingerprint density at radius 1 is 1.35 bits per heavy atom. The van der Waals surface area contributed by atoms with Crippen LogP contribution in [0.15, 0.2) is 0 Å². The number of amides is 2. The van der Waals surface area contributed by atoms with Crippen molar-refractivity contribution in [2.75, 3.05) is 40.3 Å². The van der Waals surface area contributed by atoms with Crippen molar-refractivity contribution in [2.24, 2.45) is 5.41 Å². The molecule has 6 nitrogen and oxygen atoms in total. The van der Waals surface area contributed by atoms with Crippen molar-refractivity contribution in [3.63, 3.8) is 0 Å². The van der Waals surface area contributed by atoms with Gasteiger partial charge in [-0.1, -0.05) is 6.92 Å². The Morgan fingerprint density at radius 3 is 2.40 bits per heavy atom.